The summed E-state index contributed by atoms with van der Waals surface area (Å²) in [5.41, 5.74) is 6.88. The zero-order valence-electron chi connectivity index (χ0n) is 10.2. The maximum atomic E-state index is 5.92. The van der Waals surface area contributed by atoms with Crippen LogP contribution in [0.5, 0.6) is 11.5 Å². The lowest BCUT2D eigenvalue weighted by molar-refractivity contribution is 0.482. The predicted molar refractivity (Wildman–Crippen MR) is 83.3 cm³/mol. The van der Waals surface area contributed by atoms with Crippen LogP contribution in [-0.4, -0.2) is 0 Å². The number of hydrogen-bond donors (Lipinski definition) is 1. The van der Waals surface area contributed by atoms with Crippen LogP contribution < -0.4 is 10.5 Å². The van der Waals surface area contributed by atoms with Gasteiger partial charge in [0.15, 0.2) is 0 Å². The fraction of sp³-hybridized carbons (Fsp3) is 0.143. The molecule has 0 fully saturated rings. The first-order valence-electron chi connectivity index (χ1n) is 5.64. The van der Waals surface area contributed by atoms with Gasteiger partial charge >= 0.3 is 0 Å². The summed E-state index contributed by atoms with van der Waals surface area (Å²) in [4.78, 5) is 0. The van der Waals surface area contributed by atoms with Gasteiger partial charge in [-0.15, -0.1) is 0 Å². The number of nitrogens with two attached hydrogens (primary N) is 1. The molecule has 1 unspecified atom stereocenters. The van der Waals surface area contributed by atoms with Crippen LogP contribution >= 0.6 is 39.1 Å². The van der Waals surface area contributed by atoms with Crippen molar-refractivity contribution in [3.05, 3.63) is 56.5 Å². The second kappa shape index (κ2) is 6.14. The Kier molecular flexibility index (Phi) is 4.74. The highest BCUT2D eigenvalue weighted by Gasteiger charge is 2.07. The summed E-state index contributed by atoms with van der Waals surface area (Å²) in [5, 5.41) is 1.07. The van der Waals surface area contributed by atoms with Crippen molar-refractivity contribution in [3.63, 3.8) is 0 Å². The molecular weight excluding hydrogens is 349 g/mol. The first-order valence-corrected chi connectivity index (χ1v) is 7.19. The van der Waals surface area contributed by atoms with Crippen molar-refractivity contribution < 1.29 is 4.74 Å². The highest BCUT2D eigenvalue weighted by molar-refractivity contribution is 9.10. The van der Waals surface area contributed by atoms with E-state index in [1.807, 2.05) is 25.1 Å². The molecule has 100 valence electrons. The second-order valence-corrected chi connectivity index (χ2v) is 5.91. The smallest absolute Gasteiger partial charge is 0.130 e. The van der Waals surface area contributed by atoms with Crippen LogP contribution in [0, 0.1) is 0 Å². The van der Waals surface area contributed by atoms with E-state index in [9.17, 15) is 0 Å². The number of halogens is 3. The quantitative estimate of drug-likeness (QED) is 0.776. The van der Waals surface area contributed by atoms with E-state index in [4.69, 9.17) is 33.7 Å². The lowest BCUT2D eigenvalue weighted by atomic mass is 10.1. The topological polar surface area (TPSA) is 35.2 Å². The standard InChI is InChI=1S/C14H12BrCl2NO/c1-8(18)13-3-2-11(7-14(13)15)19-12-5-9(16)4-10(17)6-12/h2-8H,18H2,1H3. The predicted octanol–water partition coefficient (Wildman–Crippen LogP) is 5.57. The second-order valence-electron chi connectivity index (χ2n) is 4.18. The minimum Gasteiger partial charge on any atom is -0.457 e. The van der Waals surface area contributed by atoms with Gasteiger partial charge in [0.1, 0.15) is 11.5 Å². The summed E-state index contributed by atoms with van der Waals surface area (Å²) in [6.07, 6.45) is 0. The van der Waals surface area contributed by atoms with Gasteiger partial charge in [0.25, 0.3) is 0 Å². The molecule has 2 nitrogen and oxygen atoms in total. The molecule has 0 aromatic heterocycles. The largest absolute Gasteiger partial charge is 0.457 e. The van der Waals surface area contributed by atoms with E-state index in [0.29, 0.717) is 21.5 Å². The lowest BCUT2D eigenvalue weighted by Crippen LogP contribution is -2.05. The molecule has 0 bridgehead atoms. The van der Waals surface area contributed by atoms with Gasteiger partial charge in [-0.1, -0.05) is 45.2 Å². The molecule has 0 saturated carbocycles. The molecule has 0 spiro atoms. The van der Waals surface area contributed by atoms with Crippen LogP contribution in [0.15, 0.2) is 40.9 Å². The Morgan fingerprint density at radius 2 is 1.68 bits per heavy atom. The van der Waals surface area contributed by atoms with Gasteiger partial charge < -0.3 is 10.5 Å². The summed E-state index contributed by atoms with van der Waals surface area (Å²) in [7, 11) is 0. The van der Waals surface area contributed by atoms with E-state index < -0.39 is 0 Å². The Morgan fingerprint density at radius 3 is 2.21 bits per heavy atom. The van der Waals surface area contributed by atoms with Crippen molar-refractivity contribution in [1.29, 1.82) is 0 Å². The van der Waals surface area contributed by atoms with Crippen LogP contribution in [0.1, 0.15) is 18.5 Å². The monoisotopic (exact) mass is 359 g/mol. The zero-order chi connectivity index (χ0) is 14.0. The molecule has 0 heterocycles. The van der Waals surface area contributed by atoms with Crippen molar-refractivity contribution in [2.75, 3.05) is 0 Å². The molecule has 0 aliphatic rings. The van der Waals surface area contributed by atoms with Crippen LogP contribution in [0.25, 0.3) is 0 Å². The summed E-state index contributed by atoms with van der Waals surface area (Å²) in [6, 6.07) is 10.7. The Bertz CT molecular complexity index is 582. The van der Waals surface area contributed by atoms with Crippen LogP contribution in [-0.2, 0) is 0 Å². The summed E-state index contributed by atoms with van der Waals surface area (Å²) in [5.74, 6) is 1.28. The maximum Gasteiger partial charge on any atom is 0.130 e. The molecule has 0 aliphatic heterocycles. The van der Waals surface area contributed by atoms with E-state index in [2.05, 4.69) is 15.9 Å². The zero-order valence-corrected chi connectivity index (χ0v) is 13.3. The van der Waals surface area contributed by atoms with Gasteiger partial charge in [-0.05, 0) is 42.8 Å². The average Bonchev–Trinajstić information content (AvgIpc) is 2.26. The van der Waals surface area contributed by atoms with E-state index in [1.54, 1.807) is 18.2 Å². The molecule has 1 atom stereocenters. The van der Waals surface area contributed by atoms with Crippen molar-refractivity contribution in [2.24, 2.45) is 5.73 Å². The van der Waals surface area contributed by atoms with Gasteiger partial charge in [0.2, 0.25) is 0 Å². The fourth-order valence-corrected chi connectivity index (χ4v) is 2.89. The Balaban J connectivity index is 2.26. The first kappa shape index (κ1) is 14.7. The minimum absolute atomic E-state index is 0.0379. The van der Waals surface area contributed by atoms with E-state index in [-0.39, 0.29) is 6.04 Å². The SMILES string of the molecule is CC(N)c1ccc(Oc2cc(Cl)cc(Cl)c2)cc1Br. The van der Waals surface area contributed by atoms with Crippen molar-refractivity contribution >= 4 is 39.1 Å². The normalized spacial score (nSPS) is 12.3. The van der Waals surface area contributed by atoms with Crippen LogP contribution in [0.2, 0.25) is 10.0 Å². The Labute approximate surface area is 130 Å². The molecule has 2 aromatic rings. The third-order valence-corrected chi connectivity index (χ3v) is 3.66. The van der Waals surface area contributed by atoms with Crippen LogP contribution in [0.3, 0.4) is 0 Å². The molecule has 0 radical (unpaired) electrons. The van der Waals surface area contributed by atoms with Crippen molar-refractivity contribution in [1.82, 2.24) is 0 Å². The molecule has 5 heteroatoms. The fourth-order valence-electron chi connectivity index (χ4n) is 1.66. The molecular formula is C14H12BrCl2NO. The summed E-state index contributed by atoms with van der Waals surface area (Å²) >= 11 is 15.3. The van der Waals surface area contributed by atoms with Crippen molar-refractivity contribution in [3.8, 4) is 11.5 Å². The number of hydrogen-bond acceptors (Lipinski definition) is 2. The minimum atomic E-state index is -0.0379. The lowest BCUT2D eigenvalue weighted by Gasteiger charge is -2.11. The van der Waals surface area contributed by atoms with Crippen LogP contribution in [0.4, 0.5) is 0 Å². The highest BCUT2D eigenvalue weighted by atomic mass is 79.9. The molecule has 2 N–H and O–H groups in total. The molecule has 2 aromatic carbocycles. The number of benzene rings is 2. The van der Waals surface area contributed by atoms with Gasteiger partial charge in [0, 0.05) is 20.6 Å². The van der Waals surface area contributed by atoms with Gasteiger partial charge in [-0.2, -0.15) is 0 Å². The Hall–Kier alpha value is -0.740. The van der Waals surface area contributed by atoms with E-state index >= 15 is 0 Å². The summed E-state index contributed by atoms with van der Waals surface area (Å²) in [6.45, 7) is 1.93. The van der Waals surface area contributed by atoms with Crippen molar-refractivity contribution in [2.45, 2.75) is 13.0 Å². The highest BCUT2D eigenvalue weighted by Crippen LogP contribution is 2.31. The third kappa shape index (κ3) is 3.86. The van der Waals surface area contributed by atoms with Gasteiger partial charge in [-0.3, -0.25) is 0 Å². The molecule has 2 rings (SSSR count). The van der Waals surface area contributed by atoms with E-state index in [1.165, 1.54) is 0 Å². The third-order valence-electron chi connectivity index (χ3n) is 2.53. The maximum absolute atomic E-state index is 5.92. The summed E-state index contributed by atoms with van der Waals surface area (Å²) < 4.78 is 6.63. The molecule has 0 amide bonds. The number of ether oxygens (including phenoxy) is 1. The number of rotatable bonds is 3. The average molecular weight is 361 g/mol. The van der Waals surface area contributed by atoms with E-state index in [0.717, 1.165) is 10.0 Å². The molecule has 19 heavy (non-hydrogen) atoms. The van der Waals surface area contributed by atoms with Gasteiger partial charge in [-0.25, -0.2) is 0 Å². The Morgan fingerprint density at radius 1 is 1.05 bits per heavy atom. The molecule has 0 saturated heterocycles. The van der Waals surface area contributed by atoms with Gasteiger partial charge in [0.05, 0.1) is 0 Å². The first-order chi connectivity index (χ1) is 8.95. The molecule has 0 aliphatic carbocycles.